The highest BCUT2D eigenvalue weighted by Gasteiger charge is 2.22. The van der Waals surface area contributed by atoms with Gasteiger partial charge in [-0.3, -0.25) is 5.10 Å². The van der Waals surface area contributed by atoms with Gasteiger partial charge in [-0.2, -0.15) is 5.10 Å². The Kier molecular flexibility index (Phi) is 3.38. The van der Waals surface area contributed by atoms with Gasteiger partial charge in [-0.05, 0) is 37.8 Å². The minimum Gasteiger partial charge on any atom is -0.381 e. The van der Waals surface area contributed by atoms with Gasteiger partial charge >= 0.3 is 0 Å². The van der Waals surface area contributed by atoms with Gasteiger partial charge in [0, 0.05) is 25.3 Å². The molecule has 0 spiro atoms. The summed E-state index contributed by atoms with van der Waals surface area (Å²) in [7, 11) is 0. The van der Waals surface area contributed by atoms with E-state index in [0.717, 1.165) is 38.2 Å². The molecule has 3 N–H and O–H groups in total. The normalized spacial score (nSPS) is 18.3. The fraction of sp³-hybridized carbons (Fsp3) is 0.727. The molecule has 2 heterocycles. The van der Waals surface area contributed by atoms with Gasteiger partial charge in [0.1, 0.15) is 0 Å². The predicted octanol–water partition coefficient (Wildman–Crippen LogP) is 1.11. The molecular weight excluding hydrogens is 190 g/mol. The summed E-state index contributed by atoms with van der Waals surface area (Å²) in [6.45, 7) is 4.51. The minimum atomic E-state index is 0.610. The summed E-state index contributed by atoms with van der Waals surface area (Å²) in [6.07, 6.45) is 3.09. The van der Waals surface area contributed by atoms with Crippen molar-refractivity contribution in [3.8, 4) is 0 Å². The largest absolute Gasteiger partial charge is 0.381 e. The Labute approximate surface area is 90.2 Å². The molecular formula is C11H19N3O. The second kappa shape index (κ2) is 4.77. The van der Waals surface area contributed by atoms with E-state index in [2.05, 4.69) is 17.1 Å². The Bertz CT molecular complexity index is 316. The van der Waals surface area contributed by atoms with E-state index in [9.17, 15) is 0 Å². The van der Waals surface area contributed by atoms with E-state index in [4.69, 9.17) is 10.5 Å². The van der Waals surface area contributed by atoms with Crippen molar-refractivity contribution in [3.63, 3.8) is 0 Å². The van der Waals surface area contributed by atoms with Crippen LogP contribution in [0.2, 0.25) is 0 Å². The predicted molar refractivity (Wildman–Crippen MR) is 58.9 cm³/mol. The molecule has 0 aromatic carbocycles. The third kappa shape index (κ3) is 2.21. The number of nitrogens with two attached hydrogens (primary N) is 1. The van der Waals surface area contributed by atoms with Crippen LogP contribution in [0, 0.1) is 6.92 Å². The number of ether oxygens (including phenoxy) is 1. The number of hydrogen-bond acceptors (Lipinski definition) is 3. The quantitative estimate of drug-likeness (QED) is 0.784. The van der Waals surface area contributed by atoms with Crippen molar-refractivity contribution < 1.29 is 4.74 Å². The average Bonchev–Trinajstić information content (AvgIpc) is 2.62. The molecule has 15 heavy (non-hydrogen) atoms. The molecule has 0 unspecified atom stereocenters. The van der Waals surface area contributed by atoms with Gasteiger partial charge in [-0.1, -0.05) is 0 Å². The number of nitrogens with zero attached hydrogens (tertiary/aromatic N) is 1. The van der Waals surface area contributed by atoms with Crippen LogP contribution in [0.5, 0.6) is 0 Å². The zero-order valence-corrected chi connectivity index (χ0v) is 9.25. The van der Waals surface area contributed by atoms with Gasteiger partial charge in [0.2, 0.25) is 0 Å². The van der Waals surface area contributed by atoms with Crippen LogP contribution in [0.1, 0.15) is 35.7 Å². The molecule has 1 fully saturated rings. The molecule has 0 saturated carbocycles. The van der Waals surface area contributed by atoms with E-state index >= 15 is 0 Å². The maximum absolute atomic E-state index is 5.59. The Balaban J connectivity index is 2.19. The van der Waals surface area contributed by atoms with Crippen molar-refractivity contribution in [3.05, 3.63) is 17.0 Å². The maximum Gasteiger partial charge on any atom is 0.0672 e. The number of aryl methyl sites for hydroxylation is 1. The van der Waals surface area contributed by atoms with E-state index in [1.54, 1.807) is 0 Å². The van der Waals surface area contributed by atoms with Gasteiger partial charge < -0.3 is 10.5 Å². The average molecular weight is 209 g/mol. The Morgan fingerprint density at radius 1 is 1.47 bits per heavy atom. The van der Waals surface area contributed by atoms with Gasteiger partial charge in [-0.25, -0.2) is 0 Å². The SMILES string of the molecule is Cc1[nH]nc(CCN)c1C1CCOCC1. The molecule has 4 heteroatoms. The summed E-state index contributed by atoms with van der Waals surface area (Å²) in [6, 6.07) is 0. The summed E-state index contributed by atoms with van der Waals surface area (Å²) in [5.74, 6) is 0.610. The summed E-state index contributed by atoms with van der Waals surface area (Å²) in [5.41, 5.74) is 9.34. The van der Waals surface area contributed by atoms with Crippen molar-refractivity contribution in [2.24, 2.45) is 5.73 Å². The van der Waals surface area contributed by atoms with E-state index < -0.39 is 0 Å². The molecule has 84 valence electrons. The maximum atomic E-state index is 5.59. The molecule has 0 bridgehead atoms. The molecule has 1 aromatic rings. The van der Waals surface area contributed by atoms with Crippen LogP contribution in [0.15, 0.2) is 0 Å². The highest BCUT2D eigenvalue weighted by Crippen LogP contribution is 2.30. The first-order chi connectivity index (χ1) is 7.33. The highest BCUT2D eigenvalue weighted by atomic mass is 16.5. The van der Waals surface area contributed by atoms with Gasteiger partial charge in [-0.15, -0.1) is 0 Å². The van der Waals surface area contributed by atoms with Gasteiger partial charge in [0.25, 0.3) is 0 Å². The van der Waals surface area contributed by atoms with E-state index in [0.29, 0.717) is 12.5 Å². The van der Waals surface area contributed by atoms with Crippen molar-refractivity contribution in [2.45, 2.75) is 32.1 Å². The highest BCUT2D eigenvalue weighted by molar-refractivity contribution is 5.29. The second-order valence-electron chi connectivity index (χ2n) is 4.13. The van der Waals surface area contributed by atoms with Crippen molar-refractivity contribution in [1.29, 1.82) is 0 Å². The summed E-state index contributed by atoms with van der Waals surface area (Å²) in [4.78, 5) is 0. The van der Waals surface area contributed by atoms with Crippen molar-refractivity contribution in [2.75, 3.05) is 19.8 Å². The number of nitrogens with one attached hydrogen (secondary N) is 1. The third-order valence-electron chi connectivity index (χ3n) is 3.08. The van der Waals surface area contributed by atoms with E-state index in [-0.39, 0.29) is 0 Å². The standard InChI is InChI=1S/C11H19N3O/c1-8-11(9-3-6-15-7-4-9)10(2-5-12)14-13-8/h9H,2-7,12H2,1H3,(H,13,14). The minimum absolute atomic E-state index is 0.610. The van der Waals surface area contributed by atoms with Crippen LogP contribution in [-0.2, 0) is 11.2 Å². The van der Waals surface area contributed by atoms with Crippen LogP contribution in [0.4, 0.5) is 0 Å². The lowest BCUT2D eigenvalue weighted by molar-refractivity contribution is 0.0850. The molecule has 0 aliphatic carbocycles. The molecule has 1 aromatic heterocycles. The first-order valence-electron chi connectivity index (χ1n) is 5.64. The van der Waals surface area contributed by atoms with Crippen molar-refractivity contribution in [1.82, 2.24) is 10.2 Å². The van der Waals surface area contributed by atoms with Crippen LogP contribution >= 0.6 is 0 Å². The summed E-state index contributed by atoms with van der Waals surface area (Å²) in [5, 5.41) is 7.41. The molecule has 1 saturated heterocycles. The Hall–Kier alpha value is -0.870. The lowest BCUT2D eigenvalue weighted by Gasteiger charge is -2.22. The fourth-order valence-electron chi connectivity index (χ4n) is 2.34. The number of H-pyrrole nitrogens is 1. The van der Waals surface area contributed by atoms with Crippen LogP contribution < -0.4 is 5.73 Å². The zero-order valence-electron chi connectivity index (χ0n) is 9.25. The monoisotopic (exact) mass is 209 g/mol. The van der Waals surface area contributed by atoms with Crippen LogP contribution in [-0.4, -0.2) is 30.0 Å². The second-order valence-corrected chi connectivity index (χ2v) is 4.13. The van der Waals surface area contributed by atoms with E-state index in [1.807, 2.05) is 0 Å². The molecule has 4 nitrogen and oxygen atoms in total. The molecule has 0 atom stereocenters. The first-order valence-corrected chi connectivity index (χ1v) is 5.64. The number of hydrogen-bond donors (Lipinski definition) is 2. The third-order valence-corrected chi connectivity index (χ3v) is 3.08. The Morgan fingerprint density at radius 3 is 2.87 bits per heavy atom. The molecule has 0 radical (unpaired) electrons. The smallest absolute Gasteiger partial charge is 0.0672 e. The van der Waals surface area contributed by atoms with Crippen LogP contribution in [0.25, 0.3) is 0 Å². The molecule has 2 rings (SSSR count). The zero-order chi connectivity index (χ0) is 10.7. The lowest BCUT2D eigenvalue weighted by atomic mass is 9.89. The molecule has 0 amide bonds. The van der Waals surface area contributed by atoms with Crippen LogP contribution in [0.3, 0.4) is 0 Å². The van der Waals surface area contributed by atoms with Crippen molar-refractivity contribution >= 4 is 0 Å². The number of aromatic amines is 1. The van der Waals surface area contributed by atoms with Gasteiger partial charge in [0.15, 0.2) is 0 Å². The number of aromatic nitrogens is 2. The summed E-state index contributed by atoms with van der Waals surface area (Å²) < 4.78 is 5.38. The Morgan fingerprint density at radius 2 is 2.20 bits per heavy atom. The van der Waals surface area contributed by atoms with Gasteiger partial charge in [0.05, 0.1) is 5.69 Å². The lowest BCUT2D eigenvalue weighted by Crippen LogP contribution is -2.16. The summed E-state index contributed by atoms with van der Waals surface area (Å²) >= 11 is 0. The molecule has 1 aliphatic rings. The molecule has 1 aliphatic heterocycles. The fourth-order valence-corrected chi connectivity index (χ4v) is 2.34. The topological polar surface area (TPSA) is 63.9 Å². The number of rotatable bonds is 3. The first kappa shape index (κ1) is 10.6. The van der Waals surface area contributed by atoms with E-state index in [1.165, 1.54) is 11.3 Å².